The predicted molar refractivity (Wildman–Crippen MR) is 66.3 cm³/mol. The summed E-state index contributed by atoms with van der Waals surface area (Å²) in [5.74, 6) is -0.283. The van der Waals surface area contributed by atoms with Crippen molar-refractivity contribution in [1.29, 1.82) is 0 Å². The van der Waals surface area contributed by atoms with Gasteiger partial charge in [-0.1, -0.05) is 0 Å². The number of rotatable bonds is 8. The summed E-state index contributed by atoms with van der Waals surface area (Å²) < 4.78 is 15.5. The lowest BCUT2D eigenvalue weighted by atomic mass is 10.1. The molecule has 0 atom stereocenters. The van der Waals surface area contributed by atoms with Gasteiger partial charge in [0, 0.05) is 7.11 Å². The highest BCUT2D eigenvalue weighted by molar-refractivity contribution is 5.89. The topological polar surface area (TPSA) is 65.0 Å². The zero-order valence-corrected chi connectivity index (χ0v) is 10.6. The number of ether oxygens (including phenoxy) is 3. The SMILES string of the molecule is COCCOCCOc1ccc(C(=O)O)c(C)c1. The van der Waals surface area contributed by atoms with Crippen LogP contribution >= 0.6 is 0 Å². The Morgan fingerprint density at radius 1 is 1.22 bits per heavy atom. The van der Waals surface area contributed by atoms with Crippen LogP contribution in [0.15, 0.2) is 18.2 Å². The summed E-state index contributed by atoms with van der Waals surface area (Å²) in [5.41, 5.74) is 0.971. The van der Waals surface area contributed by atoms with Crippen molar-refractivity contribution in [2.75, 3.05) is 33.5 Å². The van der Waals surface area contributed by atoms with Gasteiger partial charge in [-0.25, -0.2) is 4.79 Å². The van der Waals surface area contributed by atoms with Crippen molar-refractivity contribution in [2.24, 2.45) is 0 Å². The van der Waals surface area contributed by atoms with Gasteiger partial charge in [-0.15, -0.1) is 0 Å². The van der Waals surface area contributed by atoms with Crippen molar-refractivity contribution in [3.8, 4) is 5.75 Å². The fourth-order valence-electron chi connectivity index (χ4n) is 1.43. The lowest BCUT2D eigenvalue weighted by Crippen LogP contribution is -2.10. The molecule has 18 heavy (non-hydrogen) atoms. The van der Waals surface area contributed by atoms with Gasteiger partial charge >= 0.3 is 5.97 Å². The van der Waals surface area contributed by atoms with Crippen LogP contribution in [-0.4, -0.2) is 44.6 Å². The maximum absolute atomic E-state index is 10.8. The zero-order chi connectivity index (χ0) is 13.4. The standard InChI is InChI=1S/C13H18O5/c1-10-9-11(3-4-12(10)13(14)15)18-8-7-17-6-5-16-2/h3-4,9H,5-8H2,1-2H3,(H,14,15). The highest BCUT2D eigenvalue weighted by Crippen LogP contribution is 2.17. The predicted octanol–water partition coefficient (Wildman–Crippen LogP) is 1.74. The van der Waals surface area contributed by atoms with Crippen LogP contribution in [-0.2, 0) is 9.47 Å². The minimum atomic E-state index is -0.929. The second-order valence-corrected chi connectivity index (χ2v) is 3.74. The van der Waals surface area contributed by atoms with Gasteiger partial charge < -0.3 is 19.3 Å². The van der Waals surface area contributed by atoms with E-state index in [-0.39, 0.29) is 0 Å². The van der Waals surface area contributed by atoms with E-state index in [4.69, 9.17) is 19.3 Å². The number of aryl methyl sites for hydroxylation is 1. The number of carboxylic acid groups (broad SMARTS) is 1. The first-order chi connectivity index (χ1) is 8.65. The van der Waals surface area contributed by atoms with E-state index in [1.54, 1.807) is 32.2 Å². The van der Waals surface area contributed by atoms with Crippen LogP contribution in [0.3, 0.4) is 0 Å². The molecular weight excluding hydrogens is 236 g/mol. The Balaban J connectivity index is 2.35. The van der Waals surface area contributed by atoms with Gasteiger partial charge in [-0.2, -0.15) is 0 Å². The largest absolute Gasteiger partial charge is 0.491 e. The van der Waals surface area contributed by atoms with Gasteiger partial charge in [0.2, 0.25) is 0 Å². The van der Waals surface area contributed by atoms with E-state index >= 15 is 0 Å². The number of carboxylic acids is 1. The Morgan fingerprint density at radius 3 is 2.56 bits per heavy atom. The molecule has 1 N–H and O–H groups in total. The molecule has 1 rings (SSSR count). The van der Waals surface area contributed by atoms with Gasteiger partial charge in [0.05, 0.1) is 25.4 Å². The fraction of sp³-hybridized carbons (Fsp3) is 0.462. The molecule has 100 valence electrons. The third-order valence-corrected chi connectivity index (χ3v) is 2.36. The summed E-state index contributed by atoms with van der Waals surface area (Å²) >= 11 is 0. The maximum Gasteiger partial charge on any atom is 0.335 e. The van der Waals surface area contributed by atoms with Gasteiger partial charge in [0.15, 0.2) is 0 Å². The molecule has 1 aromatic carbocycles. The average molecular weight is 254 g/mol. The minimum absolute atomic E-state index is 0.290. The minimum Gasteiger partial charge on any atom is -0.491 e. The summed E-state index contributed by atoms with van der Waals surface area (Å²) in [5, 5.41) is 8.88. The molecule has 0 radical (unpaired) electrons. The van der Waals surface area contributed by atoms with Crippen molar-refractivity contribution >= 4 is 5.97 Å². The van der Waals surface area contributed by atoms with Crippen LogP contribution in [0.4, 0.5) is 0 Å². The van der Waals surface area contributed by atoms with Crippen LogP contribution in [0.1, 0.15) is 15.9 Å². The Kier molecular flexibility index (Phi) is 6.18. The van der Waals surface area contributed by atoms with Gasteiger partial charge in [-0.05, 0) is 30.7 Å². The summed E-state index contributed by atoms with van der Waals surface area (Å²) in [6, 6.07) is 4.89. The van der Waals surface area contributed by atoms with Crippen LogP contribution in [0, 0.1) is 6.92 Å². The van der Waals surface area contributed by atoms with E-state index in [0.29, 0.717) is 43.3 Å². The summed E-state index contributed by atoms with van der Waals surface area (Å²) in [4.78, 5) is 10.8. The third-order valence-electron chi connectivity index (χ3n) is 2.36. The maximum atomic E-state index is 10.8. The van der Waals surface area contributed by atoms with Crippen molar-refractivity contribution in [3.63, 3.8) is 0 Å². The van der Waals surface area contributed by atoms with Gasteiger partial charge in [0.1, 0.15) is 12.4 Å². The molecule has 0 heterocycles. The van der Waals surface area contributed by atoms with Crippen molar-refractivity contribution in [3.05, 3.63) is 29.3 Å². The van der Waals surface area contributed by atoms with Gasteiger partial charge in [-0.3, -0.25) is 0 Å². The normalized spacial score (nSPS) is 10.3. The van der Waals surface area contributed by atoms with Crippen LogP contribution in [0.25, 0.3) is 0 Å². The number of aromatic carboxylic acids is 1. The fourth-order valence-corrected chi connectivity index (χ4v) is 1.43. The number of methoxy groups -OCH3 is 1. The van der Waals surface area contributed by atoms with E-state index in [1.165, 1.54) is 0 Å². The van der Waals surface area contributed by atoms with Crippen LogP contribution in [0.2, 0.25) is 0 Å². The first-order valence-electron chi connectivity index (χ1n) is 5.68. The molecule has 5 nitrogen and oxygen atoms in total. The molecule has 0 bridgehead atoms. The second-order valence-electron chi connectivity index (χ2n) is 3.74. The molecular formula is C13H18O5. The lowest BCUT2D eigenvalue weighted by Gasteiger charge is -2.08. The first kappa shape index (κ1) is 14.5. The monoisotopic (exact) mass is 254 g/mol. The zero-order valence-electron chi connectivity index (χ0n) is 10.6. The van der Waals surface area contributed by atoms with Crippen molar-refractivity contribution in [1.82, 2.24) is 0 Å². The van der Waals surface area contributed by atoms with Gasteiger partial charge in [0.25, 0.3) is 0 Å². The second kappa shape index (κ2) is 7.68. The van der Waals surface area contributed by atoms with Crippen molar-refractivity contribution < 1.29 is 24.1 Å². The van der Waals surface area contributed by atoms with E-state index in [1.807, 2.05) is 0 Å². The number of hydrogen-bond acceptors (Lipinski definition) is 4. The molecule has 5 heteroatoms. The van der Waals surface area contributed by atoms with E-state index in [0.717, 1.165) is 0 Å². The molecule has 0 aliphatic carbocycles. The Hall–Kier alpha value is -1.59. The molecule has 0 fully saturated rings. The van der Waals surface area contributed by atoms with E-state index < -0.39 is 5.97 Å². The van der Waals surface area contributed by atoms with Crippen LogP contribution < -0.4 is 4.74 Å². The molecule has 0 amide bonds. The summed E-state index contributed by atoms with van der Waals surface area (Å²) in [6.07, 6.45) is 0. The molecule has 0 unspecified atom stereocenters. The summed E-state index contributed by atoms with van der Waals surface area (Å²) in [6.45, 7) is 3.74. The van der Waals surface area contributed by atoms with Crippen molar-refractivity contribution in [2.45, 2.75) is 6.92 Å². The highest BCUT2D eigenvalue weighted by Gasteiger charge is 2.07. The number of benzene rings is 1. The van der Waals surface area contributed by atoms with Crippen LogP contribution in [0.5, 0.6) is 5.75 Å². The Morgan fingerprint density at radius 2 is 1.94 bits per heavy atom. The van der Waals surface area contributed by atoms with E-state index in [9.17, 15) is 4.79 Å². The molecule has 0 spiro atoms. The molecule has 0 aliphatic heterocycles. The average Bonchev–Trinajstić information content (AvgIpc) is 2.33. The molecule has 0 saturated heterocycles. The van der Waals surface area contributed by atoms with E-state index in [2.05, 4.69) is 0 Å². The lowest BCUT2D eigenvalue weighted by molar-refractivity contribution is 0.0544. The molecule has 1 aromatic rings. The number of carbonyl (C=O) groups is 1. The first-order valence-corrected chi connectivity index (χ1v) is 5.68. The third kappa shape index (κ3) is 4.73. The highest BCUT2D eigenvalue weighted by atomic mass is 16.5. The summed E-state index contributed by atoms with van der Waals surface area (Å²) in [7, 11) is 1.62. The number of hydrogen-bond donors (Lipinski definition) is 1. The molecule has 0 aromatic heterocycles. The smallest absolute Gasteiger partial charge is 0.335 e. The Bertz CT molecular complexity index is 389. The quantitative estimate of drug-likeness (QED) is 0.716. The molecule has 0 saturated carbocycles. The molecule has 0 aliphatic rings. The Labute approximate surface area is 106 Å².